The molecule has 0 aliphatic carbocycles. The van der Waals surface area contributed by atoms with Gasteiger partial charge >= 0.3 is 6.03 Å². The minimum Gasteiger partial charge on any atom is -0.319 e. The van der Waals surface area contributed by atoms with Crippen LogP contribution in [0.15, 0.2) is 36.9 Å². The fourth-order valence-corrected chi connectivity index (χ4v) is 2.62. The summed E-state index contributed by atoms with van der Waals surface area (Å²) in [6.45, 7) is 12.2. The fourth-order valence-electron chi connectivity index (χ4n) is 2.62. The van der Waals surface area contributed by atoms with Crippen LogP contribution >= 0.6 is 0 Å². The first-order chi connectivity index (χ1) is 10.2. The summed E-state index contributed by atoms with van der Waals surface area (Å²) in [6, 6.07) is 7.55. The molecule has 1 unspecified atom stereocenters. The standard InChI is InChI=1S/C18H24N2O2/c1-6-7-12-20-15(21)18(5,19-16(20)22)14-10-8-13(9-11-14)17(2,3)4/h6,8-11H,1,7,12H2,2-5H3,(H,19,22). The lowest BCUT2D eigenvalue weighted by atomic mass is 9.84. The van der Waals surface area contributed by atoms with Crippen molar-refractivity contribution in [3.05, 3.63) is 48.0 Å². The zero-order valence-electron chi connectivity index (χ0n) is 13.8. The van der Waals surface area contributed by atoms with E-state index >= 15 is 0 Å². The maximum atomic E-state index is 12.6. The molecule has 1 N–H and O–H groups in total. The third-order valence-corrected chi connectivity index (χ3v) is 4.16. The molecule has 1 fully saturated rings. The SMILES string of the molecule is C=CCCN1C(=O)NC(C)(c2ccc(C(C)(C)C)cc2)C1=O. The lowest BCUT2D eigenvalue weighted by molar-refractivity contribution is -0.131. The van der Waals surface area contributed by atoms with Gasteiger partial charge in [0.2, 0.25) is 0 Å². The van der Waals surface area contributed by atoms with Gasteiger partial charge in [-0.15, -0.1) is 6.58 Å². The maximum absolute atomic E-state index is 12.6. The predicted octanol–water partition coefficient (Wildman–Crippen LogP) is 3.33. The molecular weight excluding hydrogens is 276 g/mol. The topological polar surface area (TPSA) is 49.4 Å². The van der Waals surface area contributed by atoms with Gasteiger partial charge in [-0.05, 0) is 29.9 Å². The van der Waals surface area contributed by atoms with Crippen molar-refractivity contribution in [1.29, 1.82) is 0 Å². The second-order valence-corrected chi connectivity index (χ2v) is 6.92. The van der Waals surface area contributed by atoms with Crippen molar-refractivity contribution in [3.63, 3.8) is 0 Å². The van der Waals surface area contributed by atoms with E-state index in [4.69, 9.17) is 0 Å². The average molecular weight is 300 g/mol. The van der Waals surface area contributed by atoms with Gasteiger partial charge in [0.15, 0.2) is 0 Å². The van der Waals surface area contributed by atoms with Crippen molar-refractivity contribution >= 4 is 11.9 Å². The zero-order valence-corrected chi connectivity index (χ0v) is 13.8. The largest absolute Gasteiger partial charge is 0.325 e. The van der Waals surface area contributed by atoms with Gasteiger partial charge in [0, 0.05) is 6.54 Å². The summed E-state index contributed by atoms with van der Waals surface area (Å²) < 4.78 is 0. The van der Waals surface area contributed by atoms with E-state index in [1.165, 1.54) is 10.5 Å². The summed E-state index contributed by atoms with van der Waals surface area (Å²) in [5.41, 5.74) is 1.06. The molecule has 0 radical (unpaired) electrons. The van der Waals surface area contributed by atoms with Crippen molar-refractivity contribution in [2.24, 2.45) is 0 Å². The lowest BCUT2D eigenvalue weighted by Crippen LogP contribution is -2.41. The van der Waals surface area contributed by atoms with Crippen molar-refractivity contribution in [1.82, 2.24) is 10.2 Å². The Hall–Kier alpha value is -2.10. The van der Waals surface area contributed by atoms with E-state index in [2.05, 4.69) is 32.7 Å². The highest BCUT2D eigenvalue weighted by Crippen LogP contribution is 2.31. The number of hydrogen-bond donors (Lipinski definition) is 1. The van der Waals surface area contributed by atoms with Crippen LogP contribution in [0.4, 0.5) is 4.79 Å². The number of rotatable bonds is 4. The molecule has 0 saturated carbocycles. The number of imide groups is 1. The molecule has 1 aromatic carbocycles. The van der Waals surface area contributed by atoms with E-state index in [1.807, 2.05) is 24.3 Å². The van der Waals surface area contributed by atoms with Gasteiger partial charge in [0.05, 0.1) is 0 Å². The van der Waals surface area contributed by atoms with Gasteiger partial charge in [-0.2, -0.15) is 0 Å². The van der Waals surface area contributed by atoms with Crippen LogP contribution < -0.4 is 5.32 Å². The summed E-state index contributed by atoms with van der Waals surface area (Å²) >= 11 is 0. The highest BCUT2D eigenvalue weighted by molar-refractivity contribution is 6.07. The van der Waals surface area contributed by atoms with Crippen LogP contribution in [0.3, 0.4) is 0 Å². The van der Waals surface area contributed by atoms with E-state index < -0.39 is 5.54 Å². The zero-order chi connectivity index (χ0) is 16.5. The van der Waals surface area contributed by atoms with E-state index in [1.54, 1.807) is 13.0 Å². The van der Waals surface area contributed by atoms with Crippen molar-refractivity contribution in [2.45, 2.75) is 45.1 Å². The number of urea groups is 1. The molecule has 1 heterocycles. The van der Waals surface area contributed by atoms with Crippen LogP contribution in [0.1, 0.15) is 45.2 Å². The monoisotopic (exact) mass is 300 g/mol. The first-order valence-corrected chi connectivity index (χ1v) is 7.56. The van der Waals surface area contributed by atoms with Gasteiger partial charge in [-0.3, -0.25) is 9.69 Å². The maximum Gasteiger partial charge on any atom is 0.325 e. The number of nitrogens with zero attached hydrogens (tertiary/aromatic N) is 1. The number of carbonyl (C=O) groups is 2. The van der Waals surface area contributed by atoms with Crippen LogP contribution in [-0.2, 0) is 15.7 Å². The summed E-state index contributed by atoms with van der Waals surface area (Å²) in [5, 5.41) is 2.82. The molecule has 1 aliphatic rings. The normalized spacial score (nSPS) is 21.9. The number of amides is 3. The Morgan fingerprint density at radius 3 is 2.32 bits per heavy atom. The Balaban J connectivity index is 2.29. The van der Waals surface area contributed by atoms with Gasteiger partial charge in [0.25, 0.3) is 5.91 Å². The number of benzene rings is 1. The molecule has 1 aromatic rings. The Morgan fingerprint density at radius 2 is 1.82 bits per heavy atom. The second-order valence-electron chi connectivity index (χ2n) is 6.92. The van der Waals surface area contributed by atoms with Crippen molar-refractivity contribution in [2.75, 3.05) is 6.54 Å². The highest BCUT2D eigenvalue weighted by atomic mass is 16.2. The Morgan fingerprint density at radius 1 is 1.23 bits per heavy atom. The Kier molecular flexibility index (Phi) is 4.14. The Labute approximate surface area is 132 Å². The van der Waals surface area contributed by atoms with Crippen LogP contribution in [0.5, 0.6) is 0 Å². The first-order valence-electron chi connectivity index (χ1n) is 7.56. The summed E-state index contributed by atoms with van der Waals surface area (Å²) in [6.07, 6.45) is 2.30. The lowest BCUT2D eigenvalue weighted by Gasteiger charge is -2.24. The number of hydrogen-bond acceptors (Lipinski definition) is 2. The van der Waals surface area contributed by atoms with Gasteiger partial charge in [0.1, 0.15) is 5.54 Å². The van der Waals surface area contributed by atoms with Gasteiger partial charge in [-0.25, -0.2) is 4.79 Å². The van der Waals surface area contributed by atoms with E-state index in [0.29, 0.717) is 13.0 Å². The third-order valence-electron chi connectivity index (χ3n) is 4.16. The Bertz CT molecular complexity index is 599. The van der Waals surface area contributed by atoms with Crippen LogP contribution in [0.2, 0.25) is 0 Å². The molecule has 0 aromatic heterocycles. The highest BCUT2D eigenvalue weighted by Gasteiger charge is 2.48. The van der Waals surface area contributed by atoms with E-state index in [9.17, 15) is 9.59 Å². The predicted molar refractivity (Wildman–Crippen MR) is 87.6 cm³/mol. The molecule has 0 spiro atoms. The summed E-state index contributed by atoms with van der Waals surface area (Å²) in [7, 11) is 0. The molecule has 118 valence electrons. The fraction of sp³-hybridized carbons (Fsp3) is 0.444. The second kappa shape index (κ2) is 5.59. The van der Waals surface area contributed by atoms with Crippen LogP contribution in [0, 0.1) is 0 Å². The molecule has 3 amide bonds. The molecule has 4 heteroatoms. The summed E-state index contributed by atoms with van der Waals surface area (Å²) in [4.78, 5) is 26.0. The minimum atomic E-state index is -0.991. The average Bonchev–Trinajstić information content (AvgIpc) is 2.67. The van der Waals surface area contributed by atoms with Gasteiger partial charge in [-0.1, -0.05) is 51.1 Å². The van der Waals surface area contributed by atoms with Crippen LogP contribution in [0.25, 0.3) is 0 Å². The van der Waals surface area contributed by atoms with Crippen LogP contribution in [-0.4, -0.2) is 23.4 Å². The summed E-state index contributed by atoms with van der Waals surface area (Å²) in [5.74, 6) is -0.206. The van der Waals surface area contributed by atoms with Crippen molar-refractivity contribution in [3.8, 4) is 0 Å². The molecule has 22 heavy (non-hydrogen) atoms. The first kappa shape index (κ1) is 16.3. The molecule has 0 bridgehead atoms. The van der Waals surface area contributed by atoms with E-state index in [0.717, 1.165) is 5.56 Å². The number of nitrogens with one attached hydrogen (secondary N) is 1. The molecule has 1 aliphatic heterocycles. The third kappa shape index (κ3) is 2.78. The van der Waals surface area contributed by atoms with E-state index in [-0.39, 0.29) is 17.4 Å². The molecular formula is C18H24N2O2. The molecule has 1 saturated heterocycles. The smallest absolute Gasteiger partial charge is 0.319 e. The number of carbonyl (C=O) groups excluding carboxylic acids is 2. The molecule has 2 rings (SSSR count). The molecule has 4 nitrogen and oxygen atoms in total. The van der Waals surface area contributed by atoms with Gasteiger partial charge < -0.3 is 5.32 Å². The molecule has 1 atom stereocenters. The quantitative estimate of drug-likeness (QED) is 0.685. The minimum absolute atomic E-state index is 0.0539. The van der Waals surface area contributed by atoms with Crippen molar-refractivity contribution < 1.29 is 9.59 Å².